The zero-order valence-corrected chi connectivity index (χ0v) is 12.1. The summed E-state index contributed by atoms with van der Waals surface area (Å²) in [6.45, 7) is 6.42. The fourth-order valence-electron chi connectivity index (χ4n) is 2.89. The van der Waals surface area contributed by atoms with Crippen LogP contribution < -0.4 is 4.90 Å². The molecular weight excluding hydrogens is 242 g/mol. The second-order valence-corrected chi connectivity index (χ2v) is 5.60. The largest absolute Gasteiger partial charge is 0.370 e. The third-order valence-electron chi connectivity index (χ3n) is 4.25. The Morgan fingerprint density at radius 3 is 2.40 bits per heavy atom. The number of aryl methyl sites for hydroxylation is 1. The van der Waals surface area contributed by atoms with E-state index in [0.29, 0.717) is 5.92 Å². The van der Waals surface area contributed by atoms with Gasteiger partial charge in [-0.3, -0.25) is 0 Å². The van der Waals surface area contributed by atoms with Crippen LogP contribution in [0, 0.1) is 26.2 Å². The van der Waals surface area contributed by atoms with Crippen molar-refractivity contribution in [1.82, 2.24) is 0 Å². The number of hydrogen-bond donors (Lipinski definition) is 0. The van der Waals surface area contributed by atoms with Gasteiger partial charge >= 0.3 is 0 Å². The van der Waals surface area contributed by atoms with E-state index < -0.39 is 0 Å². The molecule has 2 aromatic rings. The van der Waals surface area contributed by atoms with Gasteiger partial charge in [-0.05, 0) is 43.2 Å². The highest BCUT2D eigenvalue weighted by Gasteiger charge is 2.29. The number of nitrogens with zero attached hydrogens (tertiary/aromatic N) is 1. The van der Waals surface area contributed by atoms with Crippen LogP contribution in [0.5, 0.6) is 0 Å². The van der Waals surface area contributed by atoms with E-state index in [1.54, 1.807) is 0 Å². The molecule has 1 aliphatic heterocycles. The maximum Gasteiger partial charge on any atom is 0.0366 e. The van der Waals surface area contributed by atoms with Crippen molar-refractivity contribution in [3.8, 4) is 12.3 Å². The summed E-state index contributed by atoms with van der Waals surface area (Å²) >= 11 is 0. The lowest BCUT2D eigenvalue weighted by Crippen LogP contribution is -2.45. The van der Waals surface area contributed by atoms with Crippen LogP contribution in [0.4, 0.5) is 5.69 Å². The Bertz CT molecular complexity index is 655. The molecule has 0 aromatic heterocycles. The minimum atomic E-state index is 0.601. The number of rotatable bonds is 2. The normalized spacial score (nSPS) is 14.8. The molecule has 1 heteroatoms. The summed E-state index contributed by atoms with van der Waals surface area (Å²) in [4.78, 5) is 2.42. The maximum atomic E-state index is 5.55. The maximum absolute atomic E-state index is 5.55. The highest BCUT2D eigenvalue weighted by molar-refractivity contribution is 5.54. The van der Waals surface area contributed by atoms with Crippen LogP contribution in [0.15, 0.2) is 42.5 Å². The summed E-state index contributed by atoms with van der Waals surface area (Å²) < 4.78 is 0. The standard InChI is InChI=1S/C19H19N/c1-4-16-6-5-7-19(15(16)3)17-12-20(13-17)18-10-8-14(2)9-11-18/h1,5-11,17H,12-13H2,2-3H3. The van der Waals surface area contributed by atoms with Crippen LogP contribution in [-0.4, -0.2) is 13.1 Å². The van der Waals surface area contributed by atoms with Crippen molar-refractivity contribution in [2.75, 3.05) is 18.0 Å². The van der Waals surface area contributed by atoms with Crippen LogP contribution in [0.25, 0.3) is 0 Å². The van der Waals surface area contributed by atoms with Gasteiger partial charge in [0.25, 0.3) is 0 Å². The molecule has 1 saturated heterocycles. The smallest absolute Gasteiger partial charge is 0.0366 e. The molecule has 1 heterocycles. The van der Waals surface area contributed by atoms with Gasteiger partial charge in [-0.1, -0.05) is 35.7 Å². The summed E-state index contributed by atoms with van der Waals surface area (Å²) in [5.74, 6) is 3.38. The third-order valence-corrected chi connectivity index (χ3v) is 4.25. The Morgan fingerprint density at radius 2 is 1.75 bits per heavy atom. The Balaban J connectivity index is 1.75. The first kappa shape index (κ1) is 12.8. The summed E-state index contributed by atoms with van der Waals surface area (Å²) in [6.07, 6.45) is 5.55. The van der Waals surface area contributed by atoms with Crippen LogP contribution in [0.3, 0.4) is 0 Å². The quantitative estimate of drug-likeness (QED) is 0.741. The van der Waals surface area contributed by atoms with Crippen LogP contribution in [0.2, 0.25) is 0 Å². The van der Waals surface area contributed by atoms with Gasteiger partial charge in [0, 0.05) is 30.3 Å². The van der Waals surface area contributed by atoms with Crippen molar-refractivity contribution in [1.29, 1.82) is 0 Å². The van der Waals surface area contributed by atoms with Gasteiger partial charge < -0.3 is 4.90 Å². The highest BCUT2D eigenvalue weighted by Crippen LogP contribution is 2.33. The SMILES string of the molecule is C#Cc1cccc(C2CN(c3ccc(C)cc3)C2)c1C. The number of benzene rings is 2. The van der Waals surface area contributed by atoms with Crippen molar-refractivity contribution < 1.29 is 0 Å². The topological polar surface area (TPSA) is 3.24 Å². The van der Waals surface area contributed by atoms with Gasteiger partial charge in [-0.15, -0.1) is 6.42 Å². The van der Waals surface area contributed by atoms with Gasteiger partial charge in [-0.2, -0.15) is 0 Å². The minimum Gasteiger partial charge on any atom is -0.370 e. The molecule has 2 aromatic carbocycles. The van der Waals surface area contributed by atoms with Crippen LogP contribution in [-0.2, 0) is 0 Å². The Kier molecular flexibility index (Phi) is 3.24. The van der Waals surface area contributed by atoms with E-state index in [1.165, 1.54) is 22.4 Å². The average molecular weight is 261 g/mol. The summed E-state index contributed by atoms with van der Waals surface area (Å²) in [7, 11) is 0. The molecule has 0 saturated carbocycles. The molecule has 0 unspecified atom stereocenters. The van der Waals surface area contributed by atoms with E-state index in [0.717, 1.165) is 18.7 Å². The monoisotopic (exact) mass is 261 g/mol. The summed E-state index contributed by atoms with van der Waals surface area (Å²) in [5.41, 5.74) is 6.32. The molecule has 1 fully saturated rings. The lowest BCUT2D eigenvalue weighted by molar-refractivity contribution is 0.523. The van der Waals surface area contributed by atoms with Crippen molar-refractivity contribution in [2.24, 2.45) is 0 Å². The molecule has 1 aliphatic rings. The average Bonchev–Trinajstić information content (AvgIpc) is 2.41. The fraction of sp³-hybridized carbons (Fsp3) is 0.263. The third kappa shape index (κ3) is 2.18. The molecule has 0 radical (unpaired) electrons. The molecule has 3 rings (SSSR count). The van der Waals surface area contributed by atoms with Crippen LogP contribution in [0.1, 0.15) is 28.2 Å². The van der Waals surface area contributed by atoms with E-state index in [2.05, 4.69) is 61.1 Å². The predicted octanol–water partition coefficient (Wildman–Crippen LogP) is 3.89. The molecule has 20 heavy (non-hydrogen) atoms. The molecule has 100 valence electrons. The second-order valence-electron chi connectivity index (χ2n) is 5.60. The van der Waals surface area contributed by atoms with Crippen molar-refractivity contribution >= 4 is 5.69 Å². The van der Waals surface area contributed by atoms with Gasteiger partial charge in [0.1, 0.15) is 0 Å². The zero-order chi connectivity index (χ0) is 14.1. The second kappa shape index (κ2) is 5.06. The fourth-order valence-corrected chi connectivity index (χ4v) is 2.89. The van der Waals surface area contributed by atoms with Crippen molar-refractivity contribution in [3.63, 3.8) is 0 Å². The lowest BCUT2D eigenvalue weighted by Gasteiger charge is -2.42. The minimum absolute atomic E-state index is 0.601. The first-order chi connectivity index (χ1) is 9.69. The number of anilines is 1. The lowest BCUT2D eigenvalue weighted by atomic mass is 9.86. The Hall–Kier alpha value is -2.20. The van der Waals surface area contributed by atoms with E-state index in [-0.39, 0.29) is 0 Å². The van der Waals surface area contributed by atoms with E-state index in [9.17, 15) is 0 Å². The van der Waals surface area contributed by atoms with E-state index in [4.69, 9.17) is 6.42 Å². The summed E-state index contributed by atoms with van der Waals surface area (Å²) in [6, 6.07) is 15.1. The first-order valence-electron chi connectivity index (χ1n) is 7.07. The van der Waals surface area contributed by atoms with Crippen molar-refractivity contribution in [3.05, 3.63) is 64.7 Å². The van der Waals surface area contributed by atoms with Gasteiger partial charge in [-0.25, -0.2) is 0 Å². The number of terminal acetylenes is 1. The Morgan fingerprint density at radius 1 is 1.05 bits per heavy atom. The van der Waals surface area contributed by atoms with Crippen molar-refractivity contribution in [2.45, 2.75) is 19.8 Å². The summed E-state index contributed by atoms with van der Waals surface area (Å²) in [5, 5.41) is 0. The molecule has 0 amide bonds. The van der Waals surface area contributed by atoms with Crippen LogP contribution >= 0.6 is 0 Å². The molecule has 0 N–H and O–H groups in total. The van der Waals surface area contributed by atoms with E-state index in [1.807, 2.05) is 6.07 Å². The van der Waals surface area contributed by atoms with Gasteiger partial charge in [0.2, 0.25) is 0 Å². The van der Waals surface area contributed by atoms with E-state index >= 15 is 0 Å². The van der Waals surface area contributed by atoms with Gasteiger partial charge in [0.15, 0.2) is 0 Å². The molecule has 1 nitrogen and oxygen atoms in total. The molecule has 0 bridgehead atoms. The highest BCUT2D eigenvalue weighted by atomic mass is 15.2. The molecule has 0 aliphatic carbocycles. The Labute approximate surface area is 121 Å². The molecule has 0 spiro atoms. The molecule has 0 atom stereocenters. The molecular formula is C19H19N. The zero-order valence-electron chi connectivity index (χ0n) is 12.1. The number of hydrogen-bond acceptors (Lipinski definition) is 1. The first-order valence-corrected chi connectivity index (χ1v) is 7.07. The predicted molar refractivity (Wildman–Crippen MR) is 85.2 cm³/mol. The van der Waals surface area contributed by atoms with Gasteiger partial charge in [0.05, 0.1) is 0 Å².